The Kier molecular flexibility index (Phi) is 3.74. The van der Waals surface area contributed by atoms with Gasteiger partial charge in [-0.25, -0.2) is 0 Å². The summed E-state index contributed by atoms with van der Waals surface area (Å²) in [5, 5.41) is 1.60. The van der Waals surface area contributed by atoms with Gasteiger partial charge in [0.05, 0.1) is 0 Å². The summed E-state index contributed by atoms with van der Waals surface area (Å²) < 4.78 is 13.2. The van der Waals surface area contributed by atoms with Crippen molar-refractivity contribution in [2.45, 2.75) is 20.8 Å². The molecule has 3 heteroatoms. The molecular weight excluding hydrogens is 327 g/mol. The lowest BCUT2D eigenvalue weighted by atomic mass is 9.90. The lowest BCUT2D eigenvalue weighted by molar-refractivity contribution is 0.103. The number of hydrogen-bond acceptors (Lipinski definition) is 2. The SMILES string of the molecule is Cc1cccc(C)c1C(=O)c1c(C)ccc2c1[PH](=O)c1ccccc1-2. The predicted octanol–water partition coefficient (Wildman–Crippen LogP) is 4.33. The van der Waals surface area contributed by atoms with Crippen molar-refractivity contribution in [1.29, 1.82) is 0 Å². The number of aryl methyl sites for hydroxylation is 3. The van der Waals surface area contributed by atoms with Gasteiger partial charge in [-0.2, -0.15) is 0 Å². The molecule has 0 aliphatic carbocycles. The maximum absolute atomic E-state index is 13.4. The van der Waals surface area contributed by atoms with E-state index in [1.54, 1.807) is 0 Å². The summed E-state index contributed by atoms with van der Waals surface area (Å²) in [5.41, 5.74) is 6.09. The molecule has 1 atom stereocenters. The van der Waals surface area contributed by atoms with Crippen LogP contribution in [0, 0.1) is 20.8 Å². The number of carbonyl (C=O) groups excluding carboxylic acids is 1. The third-order valence-corrected chi connectivity index (χ3v) is 6.94. The number of rotatable bonds is 2. The highest BCUT2D eigenvalue weighted by atomic mass is 31.1. The quantitative estimate of drug-likeness (QED) is 0.400. The van der Waals surface area contributed by atoms with Gasteiger partial charge in [0.2, 0.25) is 0 Å². The minimum Gasteiger partial charge on any atom is -0.317 e. The van der Waals surface area contributed by atoms with Crippen molar-refractivity contribution in [1.82, 2.24) is 0 Å². The van der Waals surface area contributed by atoms with E-state index in [0.717, 1.165) is 44.0 Å². The minimum absolute atomic E-state index is 0.0175. The second-order valence-corrected chi connectivity index (χ2v) is 8.35. The molecule has 0 amide bonds. The van der Waals surface area contributed by atoms with Crippen LogP contribution in [0.2, 0.25) is 0 Å². The summed E-state index contributed by atoms with van der Waals surface area (Å²) in [6.45, 7) is 5.84. The van der Waals surface area contributed by atoms with Crippen LogP contribution in [0.5, 0.6) is 0 Å². The highest BCUT2D eigenvalue weighted by Gasteiger charge is 2.31. The van der Waals surface area contributed by atoms with Crippen molar-refractivity contribution in [3.63, 3.8) is 0 Å². The Morgan fingerprint density at radius 2 is 1.36 bits per heavy atom. The van der Waals surface area contributed by atoms with Crippen molar-refractivity contribution in [3.8, 4) is 11.1 Å². The highest BCUT2D eigenvalue weighted by Crippen LogP contribution is 2.40. The maximum Gasteiger partial charge on any atom is 0.194 e. The average Bonchev–Trinajstić information content (AvgIpc) is 2.88. The summed E-state index contributed by atoms with van der Waals surface area (Å²) in [4.78, 5) is 13.4. The zero-order valence-electron chi connectivity index (χ0n) is 14.5. The molecule has 2 nitrogen and oxygen atoms in total. The van der Waals surface area contributed by atoms with Gasteiger partial charge in [-0.05, 0) is 48.6 Å². The maximum atomic E-state index is 13.4. The Labute approximate surface area is 148 Å². The van der Waals surface area contributed by atoms with Gasteiger partial charge in [-0.1, -0.05) is 54.6 Å². The van der Waals surface area contributed by atoms with E-state index in [4.69, 9.17) is 0 Å². The number of carbonyl (C=O) groups is 1. The Hall–Kier alpha value is -2.44. The topological polar surface area (TPSA) is 34.1 Å². The van der Waals surface area contributed by atoms with Crippen LogP contribution in [-0.4, -0.2) is 5.78 Å². The largest absolute Gasteiger partial charge is 0.317 e. The highest BCUT2D eigenvalue weighted by molar-refractivity contribution is 7.63. The zero-order chi connectivity index (χ0) is 17.7. The molecule has 0 radical (unpaired) electrons. The summed E-state index contributed by atoms with van der Waals surface area (Å²) in [7, 11) is -2.17. The Morgan fingerprint density at radius 1 is 0.720 bits per heavy atom. The molecule has 1 aliphatic rings. The van der Waals surface area contributed by atoms with Gasteiger partial charge in [-0.15, -0.1) is 0 Å². The monoisotopic (exact) mass is 346 g/mol. The van der Waals surface area contributed by atoms with Crippen LogP contribution in [0.1, 0.15) is 32.6 Å². The van der Waals surface area contributed by atoms with Crippen LogP contribution < -0.4 is 10.6 Å². The van der Waals surface area contributed by atoms with Crippen LogP contribution in [-0.2, 0) is 4.57 Å². The molecule has 3 aromatic rings. The fourth-order valence-electron chi connectivity index (χ4n) is 3.81. The Morgan fingerprint density at radius 3 is 2.08 bits per heavy atom. The molecule has 1 aliphatic heterocycles. The molecule has 1 unspecified atom stereocenters. The number of benzene rings is 3. The Bertz CT molecular complexity index is 1040. The molecule has 25 heavy (non-hydrogen) atoms. The van der Waals surface area contributed by atoms with Crippen LogP contribution in [0.25, 0.3) is 11.1 Å². The van der Waals surface area contributed by atoms with E-state index in [-0.39, 0.29) is 5.78 Å². The zero-order valence-corrected chi connectivity index (χ0v) is 15.5. The molecule has 0 saturated heterocycles. The molecule has 0 saturated carbocycles. The standard InChI is InChI=1S/C22H19O2P/c1-13-7-6-8-14(2)19(13)21(23)20-15(3)11-12-17-16-9-4-5-10-18(16)25(24)22(17)20/h4-12,25H,1-3H3. The van der Waals surface area contributed by atoms with Gasteiger partial charge in [0.25, 0.3) is 0 Å². The smallest absolute Gasteiger partial charge is 0.194 e. The molecule has 0 aromatic heterocycles. The first-order valence-corrected chi connectivity index (χ1v) is 9.80. The normalized spacial score (nSPS) is 14.9. The lowest BCUT2D eigenvalue weighted by Gasteiger charge is -2.14. The number of hydrogen-bond donors (Lipinski definition) is 0. The van der Waals surface area contributed by atoms with Crippen LogP contribution in [0.4, 0.5) is 0 Å². The molecule has 124 valence electrons. The van der Waals surface area contributed by atoms with E-state index in [9.17, 15) is 9.36 Å². The number of fused-ring (bicyclic) bond motifs is 3. The lowest BCUT2D eigenvalue weighted by Crippen LogP contribution is -2.18. The van der Waals surface area contributed by atoms with Crippen molar-refractivity contribution in [3.05, 3.63) is 82.4 Å². The van der Waals surface area contributed by atoms with Crippen molar-refractivity contribution in [2.75, 3.05) is 0 Å². The van der Waals surface area contributed by atoms with Crippen molar-refractivity contribution < 1.29 is 9.36 Å². The van der Waals surface area contributed by atoms with E-state index in [1.165, 1.54) is 0 Å². The van der Waals surface area contributed by atoms with Gasteiger partial charge in [0.15, 0.2) is 5.78 Å². The average molecular weight is 346 g/mol. The van der Waals surface area contributed by atoms with E-state index in [2.05, 4.69) is 0 Å². The molecule has 1 heterocycles. The molecule has 0 N–H and O–H groups in total. The van der Waals surface area contributed by atoms with E-state index >= 15 is 0 Å². The minimum atomic E-state index is -2.17. The van der Waals surface area contributed by atoms with Crippen molar-refractivity contribution >= 4 is 24.2 Å². The van der Waals surface area contributed by atoms with Crippen molar-refractivity contribution in [2.24, 2.45) is 0 Å². The first-order valence-electron chi connectivity index (χ1n) is 8.39. The molecule has 3 aromatic carbocycles. The molecule has 0 bridgehead atoms. The summed E-state index contributed by atoms with van der Waals surface area (Å²) in [5.74, 6) is -0.0175. The van der Waals surface area contributed by atoms with Gasteiger partial charge in [-0.3, -0.25) is 4.79 Å². The molecular formula is C22H19O2P. The summed E-state index contributed by atoms with van der Waals surface area (Å²) in [6.07, 6.45) is 0. The predicted molar refractivity (Wildman–Crippen MR) is 104 cm³/mol. The van der Waals surface area contributed by atoms with Gasteiger partial charge >= 0.3 is 0 Å². The van der Waals surface area contributed by atoms with Gasteiger partial charge in [0, 0.05) is 21.7 Å². The van der Waals surface area contributed by atoms with Crippen LogP contribution in [0.15, 0.2) is 54.6 Å². The fraction of sp³-hybridized carbons (Fsp3) is 0.136. The first-order chi connectivity index (χ1) is 12.0. The van der Waals surface area contributed by atoms with Gasteiger partial charge < -0.3 is 4.57 Å². The molecule has 0 spiro atoms. The number of ketones is 1. The second-order valence-electron chi connectivity index (χ2n) is 6.65. The first kappa shape index (κ1) is 16.1. The third kappa shape index (κ3) is 2.33. The Balaban J connectivity index is 2.00. The van der Waals surface area contributed by atoms with Crippen LogP contribution >= 0.6 is 7.80 Å². The molecule has 0 fully saturated rings. The van der Waals surface area contributed by atoms with Crippen LogP contribution in [0.3, 0.4) is 0 Å². The van der Waals surface area contributed by atoms with E-state index in [1.807, 2.05) is 75.4 Å². The summed E-state index contributed by atoms with van der Waals surface area (Å²) in [6, 6.07) is 17.6. The fourth-order valence-corrected chi connectivity index (χ4v) is 5.79. The summed E-state index contributed by atoms with van der Waals surface area (Å²) >= 11 is 0. The van der Waals surface area contributed by atoms with Gasteiger partial charge in [0.1, 0.15) is 7.80 Å². The van der Waals surface area contributed by atoms with E-state index in [0.29, 0.717) is 5.56 Å². The molecule has 4 rings (SSSR count). The third-order valence-electron chi connectivity index (χ3n) is 5.04. The second kappa shape index (κ2) is 5.82. The van der Waals surface area contributed by atoms with E-state index < -0.39 is 7.80 Å².